The smallest absolute Gasteiger partial charge is 0.199 e. The highest BCUT2D eigenvalue weighted by Crippen LogP contribution is 2.47. The van der Waals surface area contributed by atoms with Crippen LogP contribution >= 0.6 is 0 Å². The summed E-state index contributed by atoms with van der Waals surface area (Å²) in [5.41, 5.74) is 2.23. The van der Waals surface area contributed by atoms with Crippen molar-refractivity contribution in [2.24, 2.45) is 0 Å². The van der Waals surface area contributed by atoms with Gasteiger partial charge in [-0.2, -0.15) is 0 Å². The first-order chi connectivity index (χ1) is 8.70. The molecule has 0 aliphatic heterocycles. The first kappa shape index (κ1) is 13.2. The highest BCUT2D eigenvalue weighted by atomic mass is 16.7. The van der Waals surface area contributed by atoms with Gasteiger partial charge in [-0.1, -0.05) is 0 Å². The first-order valence-corrected chi connectivity index (χ1v) is 6.24. The lowest BCUT2D eigenvalue weighted by atomic mass is 9.81. The van der Waals surface area contributed by atoms with Crippen molar-refractivity contribution >= 4 is 0 Å². The minimum Gasteiger partial charge on any atom is -0.493 e. The van der Waals surface area contributed by atoms with E-state index in [2.05, 4.69) is 0 Å². The largest absolute Gasteiger partial charge is 0.493 e. The van der Waals surface area contributed by atoms with Crippen LogP contribution in [-0.4, -0.2) is 27.4 Å². The maximum atomic E-state index is 5.79. The molecule has 0 amide bonds. The van der Waals surface area contributed by atoms with E-state index in [9.17, 15) is 0 Å². The van der Waals surface area contributed by atoms with Gasteiger partial charge in [0.15, 0.2) is 17.3 Å². The zero-order chi connectivity index (χ0) is 13.2. The van der Waals surface area contributed by atoms with Crippen LogP contribution in [0.5, 0.6) is 11.5 Å². The van der Waals surface area contributed by atoms with E-state index in [0.717, 1.165) is 17.7 Å². The maximum absolute atomic E-state index is 5.79. The molecular weight excluding hydrogens is 232 g/mol. The number of hydrogen-bond acceptors (Lipinski definition) is 4. The zero-order valence-corrected chi connectivity index (χ0v) is 11.4. The van der Waals surface area contributed by atoms with Gasteiger partial charge in [-0.3, -0.25) is 0 Å². The summed E-state index contributed by atoms with van der Waals surface area (Å²) in [5.74, 6) is 0.857. The predicted octanol–water partition coefficient (Wildman–Crippen LogP) is 2.49. The number of fused-ring (bicyclic) bond motifs is 1. The number of ether oxygens (including phenoxy) is 4. The molecule has 0 saturated carbocycles. The van der Waals surface area contributed by atoms with Crippen LogP contribution in [0.4, 0.5) is 0 Å². The predicted molar refractivity (Wildman–Crippen MR) is 68.2 cm³/mol. The van der Waals surface area contributed by atoms with Gasteiger partial charge in [0.05, 0.1) is 14.2 Å². The van der Waals surface area contributed by atoms with Crippen molar-refractivity contribution in [2.75, 3.05) is 27.4 Å². The number of rotatable bonds is 6. The van der Waals surface area contributed by atoms with E-state index in [4.69, 9.17) is 18.9 Å². The summed E-state index contributed by atoms with van der Waals surface area (Å²) in [4.78, 5) is 0. The summed E-state index contributed by atoms with van der Waals surface area (Å²) in [5, 5.41) is 0. The van der Waals surface area contributed by atoms with E-state index in [0.29, 0.717) is 19.0 Å². The van der Waals surface area contributed by atoms with Gasteiger partial charge < -0.3 is 18.9 Å². The molecule has 0 aromatic heterocycles. The fourth-order valence-electron chi connectivity index (χ4n) is 2.43. The van der Waals surface area contributed by atoms with E-state index in [1.165, 1.54) is 5.56 Å². The second-order valence-corrected chi connectivity index (χ2v) is 4.16. The van der Waals surface area contributed by atoms with Crippen molar-refractivity contribution in [2.45, 2.75) is 26.1 Å². The SMILES string of the molecule is CCOC1(OCC)Cc2cc(OC)c(OC)cc21. The van der Waals surface area contributed by atoms with Gasteiger partial charge in [-0.15, -0.1) is 0 Å². The van der Waals surface area contributed by atoms with Gasteiger partial charge in [-0.25, -0.2) is 0 Å². The monoisotopic (exact) mass is 252 g/mol. The van der Waals surface area contributed by atoms with Crippen LogP contribution in [0, 0.1) is 0 Å². The minimum absolute atomic E-state index is 0.599. The maximum Gasteiger partial charge on any atom is 0.199 e. The molecule has 0 fully saturated rings. The number of benzene rings is 1. The molecule has 0 atom stereocenters. The Balaban J connectivity index is 2.38. The van der Waals surface area contributed by atoms with Crippen LogP contribution < -0.4 is 9.47 Å². The Kier molecular flexibility index (Phi) is 3.78. The molecule has 0 radical (unpaired) electrons. The quantitative estimate of drug-likeness (QED) is 0.729. The molecule has 1 aromatic carbocycles. The Bertz CT molecular complexity index is 422. The van der Waals surface area contributed by atoms with Gasteiger partial charge in [-0.05, 0) is 31.5 Å². The Hall–Kier alpha value is -1.26. The van der Waals surface area contributed by atoms with Crippen LogP contribution in [-0.2, 0) is 21.7 Å². The molecule has 1 aliphatic carbocycles. The third-order valence-corrected chi connectivity index (χ3v) is 3.20. The Morgan fingerprint density at radius 3 is 2.06 bits per heavy atom. The van der Waals surface area contributed by atoms with Crippen LogP contribution in [0.1, 0.15) is 25.0 Å². The second kappa shape index (κ2) is 5.16. The van der Waals surface area contributed by atoms with Gasteiger partial charge in [0, 0.05) is 25.2 Å². The highest BCUT2D eigenvalue weighted by Gasteiger charge is 2.45. The standard InChI is InChI=1S/C14H20O4/c1-5-17-14(18-6-2)9-10-7-12(15-3)13(16-4)8-11(10)14/h7-8H,5-6,9H2,1-4H3. The zero-order valence-electron chi connectivity index (χ0n) is 11.4. The summed E-state index contributed by atoms with van der Waals surface area (Å²) < 4.78 is 22.2. The van der Waals surface area contributed by atoms with Crippen molar-refractivity contribution < 1.29 is 18.9 Å². The van der Waals surface area contributed by atoms with Crippen molar-refractivity contribution in [1.82, 2.24) is 0 Å². The average Bonchev–Trinajstić information content (AvgIpc) is 2.37. The molecule has 0 bridgehead atoms. The summed E-state index contributed by atoms with van der Waals surface area (Å²) in [6.45, 7) is 5.18. The summed E-state index contributed by atoms with van der Waals surface area (Å²) >= 11 is 0. The van der Waals surface area contributed by atoms with E-state index < -0.39 is 5.79 Å². The van der Waals surface area contributed by atoms with Crippen molar-refractivity contribution in [3.8, 4) is 11.5 Å². The van der Waals surface area contributed by atoms with E-state index in [1.807, 2.05) is 26.0 Å². The minimum atomic E-state index is -0.599. The van der Waals surface area contributed by atoms with Crippen LogP contribution in [0.2, 0.25) is 0 Å². The fraction of sp³-hybridized carbons (Fsp3) is 0.571. The lowest BCUT2D eigenvalue weighted by Crippen LogP contribution is -2.44. The molecular formula is C14H20O4. The summed E-state index contributed by atoms with van der Waals surface area (Å²) in [6, 6.07) is 3.94. The average molecular weight is 252 g/mol. The third-order valence-electron chi connectivity index (χ3n) is 3.20. The van der Waals surface area contributed by atoms with Crippen molar-refractivity contribution in [3.05, 3.63) is 23.3 Å². The topological polar surface area (TPSA) is 36.9 Å². The highest BCUT2D eigenvalue weighted by molar-refractivity contribution is 5.53. The molecule has 18 heavy (non-hydrogen) atoms. The van der Waals surface area contributed by atoms with Gasteiger partial charge in [0.25, 0.3) is 0 Å². The second-order valence-electron chi connectivity index (χ2n) is 4.16. The molecule has 0 saturated heterocycles. The van der Waals surface area contributed by atoms with Crippen LogP contribution in [0.15, 0.2) is 12.1 Å². The third kappa shape index (κ3) is 1.95. The van der Waals surface area contributed by atoms with Gasteiger partial charge >= 0.3 is 0 Å². The Morgan fingerprint density at radius 1 is 1.00 bits per heavy atom. The summed E-state index contributed by atoms with van der Waals surface area (Å²) in [7, 11) is 3.27. The molecule has 0 heterocycles. The van der Waals surface area contributed by atoms with E-state index >= 15 is 0 Å². The van der Waals surface area contributed by atoms with Crippen molar-refractivity contribution in [1.29, 1.82) is 0 Å². The molecule has 1 aliphatic rings. The number of hydrogen-bond donors (Lipinski definition) is 0. The van der Waals surface area contributed by atoms with E-state index in [-0.39, 0.29) is 0 Å². The van der Waals surface area contributed by atoms with Crippen LogP contribution in [0.25, 0.3) is 0 Å². The molecule has 1 aromatic rings. The normalized spacial score (nSPS) is 15.8. The van der Waals surface area contributed by atoms with Crippen molar-refractivity contribution in [3.63, 3.8) is 0 Å². The first-order valence-electron chi connectivity index (χ1n) is 6.24. The van der Waals surface area contributed by atoms with Crippen LogP contribution in [0.3, 0.4) is 0 Å². The van der Waals surface area contributed by atoms with E-state index in [1.54, 1.807) is 14.2 Å². The molecule has 0 spiro atoms. The molecule has 4 nitrogen and oxygen atoms in total. The molecule has 0 N–H and O–H groups in total. The lowest BCUT2D eigenvalue weighted by molar-refractivity contribution is -0.256. The fourth-order valence-corrected chi connectivity index (χ4v) is 2.43. The Labute approximate surface area is 108 Å². The lowest BCUT2D eigenvalue weighted by Gasteiger charge is -2.43. The molecule has 4 heteroatoms. The molecule has 0 unspecified atom stereocenters. The van der Waals surface area contributed by atoms with Gasteiger partial charge in [0.2, 0.25) is 0 Å². The van der Waals surface area contributed by atoms with Gasteiger partial charge in [0.1, 0.15) is 0 Å². The molecule has 100 valence electrons. The Morgan fingerprint density at radius 2 is 1.56 bits per heavy atom. The molecule has 2 rings (SSSR count). The summed E-state index contributed by atoms with van der Waals surface area (Å²) in [6.07, 6.45) is 0.754. The number of methoxy groups -OCH3 is 2.